The van der Waals surface area contributed by atoms with Gasteiger partial charge >= 0.3 is 0 Å². The van der Waals surface area contributed by atoms with Gasteiger partial charge in [0, 0.05) is 10.4 Å². The minimum Gasteiger partial charge on any atom is -0.294 e. The zero-order valence-electron chi connectivity index (χ0n) is 7.10. The van der Waals surface area contributed by atoms with Crippen molar-refractivity contribution in [2.45, 2.75) is 13.3 Å². The minimum atomic E-state index is -0.396. The van der Waals surface area contributed by atoms with Gasteiger partial charge in [-0.15, -0.1) is 0 Å². The number of ketones is 1. The van der Waals surface area contributed by atoms with Crippen LogP contribution in [0.4, 0.5) is 4.39 Å². The third-order valence-electron chi connectivity index (χ3n) is 2.41. The molecule has 0 N–H and O–H groups in total. The quantitative estimate of drug-likeness (QED) is 0.684. The first-order valence-electron chi connectivity index (χ1n) is 4.12. The van der Waals surface area contributed by atoms with Gasteiger partial charge in [0.25, 0.3) is 0 Å². The molecule has 0 aliphatic heterocycles. The molecule has 1 aliphatic rings. The molecule has 13 heavy (non-hydrogen) atoms. The Labute approximate surface area is 84.1 Å². The van der Waals surface area contributed by atoms with Crippen molar-refractivity contribution in [1.82, 2.24) is 0 Å². The van der Waals surface area contributed by atoms with Crippen LogP contribution in [-0.2, 0) is 6.42 Å². The number of fused-ring (bicyclic) bond motifs is 1. The van der Waals surface area contributed by atoms with Crippen LogP contribution in [-0.4, -0.2) is 5.78 Å². The molecule has 0 spiro atoms. The zero-order chi connectivity index (χ0) is 9.59. The summed E-state index contributed by atoms with van der Waals surface area (Å²) >= 11 is 3.32. The SMILES string of the molecule is C[C@@H]1Cc2c(Br)ccc(F)c2C1=O. The van der Waals surface area contributed by atoms with E-state index in [4.69, 9.17) is 0 Å². The first-order chi connectivity index (χ1) is 6.11. The molecule has 0 saturated carbocycles. The van der Waals surface area contributed by atoms with Crippen LogP contribution in [0, 0.1) is 11.7 Å². The summed E-state index contributed by atoms with van der Waals surface area (Å²) < 4.78 is 14.1. The van der Waals surface area contributed by atoms with Crippen LogP contribution in [0.15, 0.2) is 16.6 Å². The van der Waals surface area contributed by atoms with Crippen LogP contribution in [0.3, 0.4) is 0 Å². The molecule has 0 fully saturated rings. The molecule has 1 aromatic carbocycles. The normalized spacial score (nSPS) is 20.5. The van der Waals surface area contributed by atoms with Gasteiger partial charge in [-0.25, -0.2) is 4.39 Å². The van der Waals surface area contributed by atoms with E-state index >= 15 is 0 Å². The molecular formula is C10H8BrFO. The van der Waals surface area contributed by atoms with Gasteiger partial charge in [0.05, 0.1) is 5.56 Å². The van der Waals surface area contributed by atoms with Crippen LogP contribution >= 0.6 is 15.9 Å². The van der Waals surface area contributed by atoms with Gasteiger partial charge in [-0.05, 0) is 24.1 Å². The summed E-state index contributed by atoms with van der Waals surface area (Å²) in [6.07, 6.45) is 0.645. The second kappa shape index (κ2) is 2.91. The number of hydrogen-bond acceptors (Lipinski definition) is 1. The summed E-state index contributed by atoms with van der Waals surface area (Å²) in [5.74, 6) is -0.551. The van der Waals surface area contributed by atoms with Crippen molar-refractivity contribution in [1.29, 1.82) is 0 Å². The van der Waals surface area contributed by atoms with E-state index in [1.807, 2.05) is 6.92 Å². The van der Waals surface area contributed by atoms with Crippen molar-refractivity contribution in [2.24, 2.45) is 5.92 Å². The third-order valence-corrected chi connectivity index (χ3v) is 3.15. The number of Topliss-reactive ketones (excluding diaryl/α,β-unsaturated/α-hetero) is 1. The minimum absolute atomic E-state index is 0.0752. The van der Waals surface area contributed by atoms with E-state index in [1.54, 1.807) is 6.07 Å². The van der Waals surface area contributed by atoms with Gasteiger partial charge in [0.1, 0.15) is 5.82 Å². The van der Waals surface area contributed by atoms with Crippen LogP contribution in [0.5, 0.6) is 0 Å². The summed E-state index contributed by atoms with van der Waals surface area (Å²) in [6.45, 7) is 1.83. The Bertz CT molecular complexity index is 387. The smallest absolute Gasteiger partial charge is 0.169 e. The van der Waals surface area contributed by atoms with Crippen molar-refractivity contribution in [3.05, 3.63) is 33.5 Å². The Balaban J connectivity index is 2.68. The lowest BCUT2D eigenvalue weighted by atomic mass is 10.1. The highest BCUT2D eigenvalue weighted by atomic mass is 79.9. The maximum absolute atomic E-state index is 13.3. The maximum Gasteiger partial charge on any atom is 0.169 e. The summed E-state index contributed by atoms with van der Waals surface area (Å²) in [7, 11) is 0. The number of rotatable bonds is 0. The first-order valence-corrected chi connectivity index (χ1v) is 4.91. The highest BCUT2D eigenvalue weighted by Gasteiger charge is 2.31. The van der Waals surface area contributed by atoms with Crippen LogP contribution in [0.1, 0.15) is 22.8 Å². The van der Waals surface area contributed by atoms with Crippen LogP contribution in [0.25, 0.3) is 0 Å². The summed E-state index contributed by atoms with van der Waals surface area (Å²) in [5.41, 5.74) is 1.10. The van der Waals surface area contributed by atoms with Crippen molar-refractivity contribution >= 4 is 21.7 Å². The van der Waals surface area contributed by atoms with Crippen molar-refractivity contribution < 1.29 is 9.18 Å². The Kier molecular flexibility index (Phi) is 1.99. The molecule has 0 radical (unpaired) electrons. The second-order valence-corrected chi connectivity index (χ2v) is 4.21. The number of benzene rings is 1. The Morgan fingerprint density at radius 3 is 2.85 bits per heavy atom. The first kappa shape index (κ1) is 8.88. The fourth-order valence-corrected chi connectivity index (χ4v) is 2.20. The topological polar surface area (TPSA) is 17.1 Å². The summed E-state index contributed by atoms with van der Waals surface area (Å²) in [4.78, 5) is 11.5. The predicted molar refractivity (Wildman–Crippen MR) is 51.3 cm³/mol. The van der Waals surface area contributed by atoms with Gasteiger partial charge in [0.2, 0.25) is 0 Å². The monoisotopic (exact) mass is 242 g/mol. The molecule has 0 saturated heterocycles. The van der Waals surface area contributed by atoms with E-state index in [0.29, 0.717) is 6.42 Å². The van der Waals surface area contributed by atoms with E-state index < -0.39 is 5.82 Å². The average molecular weight is 243 g/mol. The molecule has 1 aliphatic carbocycles. The molecule has 1 aromatic rings. The summed E-state index contributed by atoms with van der Waals surface area (Å²) in [5, 5.41) is 0. The molecule has 0 bridgehead atoms. The molecule has 3 heteroatoms. The van der Waals surface area contributed by atoms with E-state index in [2.05, 4.69) is 15.9 Å². The molecule has 2 rings (SSSR count). The number of carbonyl (C=O) groups is 1. The largest absolute Gasteiger partial charge is 0.294 e. The summed E-state index contributed by atoms with van der Waals surface area (Å²) in [6, 6.07) is 2.98. The van der Waals surface area contributed by atoms with Gasteiger partial charge in [0.15, 0.2) is 5.78 Å². The fraction of sp³-hybridized carbons (Fsp3) is 0.300. The third kappa shape index (κ3) is 1.22. The van der Waals surface area contributed by atoms with Gasteiger partial charge < -0.3 is 0 Å². The van der Waals surface area contributed by atoms with Crippen LogP contribution < -0.4 is 0 Å². The van der Waals surface area contributed by atoms with Gasteiger partial charge in [-0.3, -0.25) is 4.79 Å². The molecule has 1 atom stereocenters. The van der Waals surface area contributed by atoms with Gasteiger partial charge in [-0.1, -0.05) is 22.9 Å². The highest BCUT2D eigenvalue weighted by molar-refractivity contribution is 9.10. The predicted octanol–water partition coefficient (Wildman–Crippen LogP) is 2.96. The molecule has 0 heterocycles. The van der Waals surface area contributed by atoms with Gasteiger partial charge in [-0.2, -0.15) is 0 Å². The van der Waals surface area contributed by atoms with Crippen LogP contribution in [0.2, 0.25) is 0 Å². The molecular weight excluding hydrogens is 235 g/mol. The number of hydrogen-bond donors (Lipinski definition) is 0. The average Bonchev–Trinajstić information content (AvgIpc) is 2.38. The molecule has 68 valence electrons. The van der Waals surface area contributed by atoms with E-state index in [0.717, 1.165) is 10.0 Å². The number of carbonyl (C=O) groups excluding carboxylic acids is 1. The van der Waals surface area contributed by atoms with E-state index in [-0.39, 0.29) is 17.3 Å². The zero-order valence-corrected chi connectivity index (χ0v) is 8.69. The Morgan fingerprint density at radius 2 is 2.23 bits per heavy atom. The van der Waals surface area contributed by atoms with Crippen molar-refractivity contribution in [3.8, 4) is 0 Å². The maximum atomic E-state index is 13.3. The van der Waals surface area contributed by atoms with Crippen molar-refractivity contribution in [3.63, 3.8) is 0 Å². The number of halogens is 2. The standard InChI is InChI=1S/C10H8BrFO/c1-5-4-6-7(11)2-3-8(12)9(6)10(5)13/h2-3,5H,4H2,1H3/t5-/m1/s1. The molecule has 0 unspecified atom stereocenters. The molecule has 0 amide bonds. The lowest BCUT2D eigenvalue weighted by Gasteiger charge is -2.00. The lowest BCUT2D eigenvalue weighted by Crippen LogP contribution is -2.04. The highest BCUT2D eigenvalue weighted by Crippen LogP contribution is 2.33. The van der Waals surface area contributed by atoms with E-state index in [9.17, 15) is 9.18 Å². The lowest BCUT2D eigenvalue weighted by molar-refractivity contribution is 0.0943. The Morgan fingerprint density at radius 1 is 1.54 bits per heavy atom. The second-order valence-electron chi connectivity index (χ2n) is 3.35. The van der Waals surface area contributed by atoms with Crippen molar-refractivity contribution in [2.75, 3.05) is 0 Å². The molecule has 1 nitrogen and oxygen atoms in total. The van der Waals surface area contributed by atoms with E-state index in [1.165, 1.54) is 6.07 Å². The molecule has 0 aromatic heterocycles. The Hall–Kier alpha value is -0.700. The fourth-order valence-electron chi connectivity index (χ4n) is 1.71.